The zero-order chi connectivity index (χ0) is 10.2. The van der Waals surface area contributed by atoms with Gasteiger partial charge in [0.1, 0.15) is 5.75 Å². The van der Waals surface area contributed by atoms with Crippen LogP contribution < -0.4 is 4.74 Å². The molecule has 0 radical (unpaired) electrons. The standard InChI is InChI=1S/C11H11NO2/c1-14-11-6-2-4-10(8-11)5-3-7-12-9-13/h2-6,8H,7H2,1H3/b5-3-. The van der Waals surface area contributed by atoms with E-state index in [-0.39, 0.29) is 0 Å². The third kappa shape index (κ3) is 3.25. The normalized spacial score (nSPS) is 9.79. The Morgan fingerprint density at radius 2 is 2.43 bits per heavy atom. The van der Waals surface area contributed by atoms with Crippen molar-refractivity contribution in [2.24, 2.45) is 4.99 Å². The van der Waals surface area contributed by atoms with Crippen molar-refractivity contribution in [1.82, 2.24) is 0 Å². The summed E-state index contributed by atoms with van der Waals surface area (Å²) in [6.45, 7) is 0.362. The highest BCUT2D eigenvalue weighted by Gasteiger charge is 1.90. The van der Waals surface area contributed by atoms with E-state index in [1.807, 2.05) is 30.3 Å². The minimum atomic E-state index is 0.362. The molecule has 0 fully saturated rings. The van der Waals surface area contributed by atoms with Crippen LogP contribution in [0.1, 0.15) is 5.56 Å². The minimum absolute atomic E-state index is 0.362. The molecule has 0 amide bonds. The van der Waals surface area contributed by atoms with Gasteiger partial charge in [-0.15, -0.1) is 0 Å². The predicted molar refractivity (Wildman–Crippen MR) is 55.0 cm³/mol. The maximum Gasteiger partial charge on any atom is 0.235 e. The summed E-state index contributed by atoms with van der Waals surface area (Å²) in [6.07, 6.45) is 5.15. The van der Waals surface area contributed by atoms with Gasteiger partial charge < -0.3 is 4.74 Å². The lowest BCUT2D eigenvalue weighted by molar-refractivity contribution is 0.414. The number of methoxy groups -OCH3 is 1. The summed E-state index contributed by atoms with van der Waals surface area (Å²) >= 11 is 0. The molecule has 0 unspecified atom stereocenters. The van der Waals surface area contributed by atoms with E-state index in [4.69, 9.17) is 4.74 Å². The zero-order valence-corrected chi connectivity index (χ0v) is 7.93. The molecular formula is C11H11NO2. The van der Waals surface area contributed by atoms with E-state index in [0.29, 0.717) is 6.54 Å². The Morgan fingerprint density at radius 1 is 1.57 bits per heavy atom. The van der Waals surface area contributed by atoms with Crippen molar-refractivity contribution in [2.75, 3.05) is 13.7 Å². The summed E-state index contributed by atoms with van der Waals surface area (Å²) in [5.74, 6) is 0.811. The summed E-state index contributed by atoms with van der Waals surface area (Å²) < 4.78 is 5.06. The molecule has 0 aliphatic heterocycles. The average Bonchev–Trinajstić information content (AvgIpc) is 2.25. The fraction of sp³-hybridized carbons (Fsp3) is 0.182. The molecule has 14 heavy (non-hydrogen) atoms. The van der Waals surface area contributed by atoms with Crippen molar-refractivity contribution in [3.63, 3.8) is 0 Å². The number of ether oxygens (including phenoxy) is 1. The molecule has 72 valence electrons. The van der Waals surface area contributed by atoms with Crippen LogP contribution in [-0.4, -0.2) is 19.7 Å². The van der Waals surface area contributed by atoms with E-state index in [2.05, 4.69) is 4.99 Å². The first-order chi connectivity index (χ1) is 6.86. The van der Waals surface area contributed by atoms with Gasteiger partial charge in [-0.25, -0.2) is 9.79 Å². The van der Waals surface area contributed by atoms with Crippen molar-refractivity contribution in [3.8, 4) is 5.75 Å². The van der Waals surface area contributed by atoms with Crippen LogP contribution in [0.4, 0.5) is 0 Å². The second kappa shape index (κ2) is 5.73. The second-order valence-corrected chi connectivity index (χ2v) is 2.61. The van der Waals surface area contributed by atoms with Gasteiger partial charge in [-0.3, -0.25) is 0 Å². The lowest BCUT2D eigenvalue weighted by Crippen LogP contribution is -1.82. The van der Waals surface area contributed by atoms with Gasteiger partial charge in [-0.1, -0.05) is 24.3 Å². The molecule has 0 saturated heterocycles. The summed E-state index contributed by atoms with van der Waals surface area (Å²) in [5, 5.41) is 0. The zero-order valence-electron chi connectivity index (χ0n) is 7.93. The Balaban J connectivity index is 2.66. The van der Waals surface area contributed by atoms with Gasteiger partial charge in [0.2, 0.25) is 6.08 Å². The van der Waals surface area contributed by atoms with E-state index < -0.39 is 0 Å². The number of isocyanates is 1. The van der Waals surface area contributed by atoms with E-state index >= 15 is 0 Å². The first-order valence-corrected chi connectivity index (χ1v) is 4.21. The molecule has 1 aromatic rings. The van der Waals surface area contributed by atoms with E-state index in [9.17, 15) is 4.79 Å². The third-order valence-electron chi connectivity index (χ3n) is 1.67. The molecule has 0 aromatic heterocycles. The van der Waals surface area contributed by atoms with E-state index in [1.165, 1.54) is 6.08 Å². The van der Waals surface area contributed by atoms with Gasteiger partial charge in [0.25, 0.3) is 0 Å². The van der Waals surface area contributed by atoms with Gasteiger partial charge in [0.15, 0.2) is 0 Å². The molecule has 0 atom stereocenters. The molecule has 0 aliphatic carbocycles. The quantitative estimate of drug-likeness (QED) is 0.537. The molecule has 0 heterocycles. The predicted octanol–water partition coefficient (Wildman–Crippen LogP) is 2.04. The van der Waals surface area contributed by atoms with Crippen molar-refractivity contribution in [3.05, 3.63) is 35.9 Å². The highest BCUT2D eigenvalue weighted by atomic mass is 16.5. The smallest absolute Gasteiger partial charge is 0.235 e. The Bertz CT molecular complexity index is 365. The lowest BCUT2D eigenvalue weighted by Gasteiger charge is -1.99. The topological polar surface area (TPSA) is 38.7 Å². The van der Waals surface area contributed by atoms with Crippen LogP contribution in [0.2, 0.25) is 0 Å². The highest BCUT2D eigenvalue weighted by molar-refractivity contribution is 5.52. The Labute approximate surface area is 82.7 Å². The van der Waals surface area contributed by atoms with Gasteiger partial charge in [0.05, 0.1) is 13.7 Å². The Kier molecular flexibility index (Phi) is 4.18. The second-order valence-electron chi connectivity index (χ2n) is 2.61. The molecule has 0 N–H and O–H groups in total. The maximum absolute atomic E-state index is 9.77. The van der Waals surface area contributed by atoms with Crippen molar-refractivity contribution in [1.29, 1.82) is 0 Å². The van der Waals surface area contributed by atoms with E-state index in [1.54, 1.807) is 13.2 Å². The lowest BCUT2D eigenvalue weighted by atomic mass is 10.2. The van der Waals surface area contributed by atoms with Crippen LogP contribution in [0, 0.1) is 0 Å². The number of benzene rings is 1. The van der Waals surface area contributed by atoms with Crippen LogP contribution in [0.15, 0.2) is 35.3 Å². The monoisotopic (exact) mass is 189 g/mol. The number of rotatable bonds is 4. The van der Waals surface area contributed by atoms with Crippen molar-refractivity contribution < 1.29 is 9.53 Å². The van der Waals surface area contributed by atoms with Crippen LogP contribution >= 0.6 is 0 Å². The van der Waals surface area contributed by atoms with Crippen LogP contribution in [0.25, 0.3) is 6.08 Å². The molecule has 0 bridgehead atoms. The number of hydrogen-bond acceptors (Lipinski definition) is 3. The van der Waals surface area contributed by atoms with Crippen LogP contribution in [-0.2, 0) is 4.79 Å². The number of nitrogens with zero attached hydrogens (tertiary/aromatic N) is 1. The van der Waals surface area contributed by atoms with Crippen LogP contribution in [0.3, 0.4) is 0 Å². The summed E-state index contributed by atoms with van der Waals surface area (Å²) in [5.41, 5.74) is 1.02. The summed E-state index contributed by atoms with van der Waals surface area (Å²) in [7, 11) is 1.62. The molecular weight excluding hydrogens is 178 g/mol. The third-order valence-corrected chi connectivity index (χ3v) is 1.67. The minimum Gasteiger partial charge on any atom is -0.497 e. The fourth-order valence-corrected chi connectivity index (χ4v) is 1.02. The van der Waals surface area contributed by atoms with E-state index in [0.717, 1.165) is 11.3 Å². The first-order valence-electron chi connectivity index (χ1n) is 4.21. The van der Waals surface area contributed by atoms with Crippen molar-refractivity contribution in [2.45, 2.75) is 0 Å². The summed E-state index contributed by atoms with van der Waals surface area (Å²) in [6, 6.07) is 7.63. The molecule has 0 aliphatic rings. The number of aliphatic imine (C=N–C) groups is 1. The Morgan fingerprint density at radius 3 is 3.14 bits per heavy atom. The Hall–Kier alpha value is -1.86. The summed E-state index contributed by atoms with van der Waals surface area (Å²) in [4.78, 5) is 13.2. The fourth-order valence-electron chi connectivity index (χ4n) is 1.02. The highest BCUT2D eigenvalue weighted by Crippen LogP contribution is 2.13. The average molecular weight is 189 g/mol. The van der Waals surface area contributed by atoms with Crippen LogP contribution in [0.5, 0.6) is 5.75 Å². The van der Waals surface area contributed by atoms with Crippen molar-refractivity contribution >= 4 is 12.2 Å². The largest absolute Gasteiger partial charge is 0.497 e. The number of hydrogen-bond donors (Lipinski definition) is 0. The van der Waals surface area contributed by atoms with Gasteiger partial charge in [0, 0.05) is 0 Å². The molecule has 1 aromatic carbocycles. The molecule has 3 nitrogen and oxygen atoms in total. The number of carbonyl (C=O) groups excluding carboxylic acids is 1. The molecule has 1 rings (SSSR count). The van der Waals surface area contributed by atoms with Gasteiger partial charge in [-0.05, 0) is 17.7 Å². The maximum atomic E-state index is 9.77. The molecule has 0 spiro atoms. The SMILES string of the molecule is COc1cccc(/C=C\CN=C=O)c1. The first kappa shape index (κ1) is 10.2. The molecule has 3 heteroatoms. The van der Waals surface area contributed by atoms with Gasteiger partial charge in [-0.2, -0.15) is 0 Å². The molecule has 0 saturated carbocycles. The van der Waals surface area contributed by atoms with Gasteiger partial charge >= 0.3 is 0 Å².